The second-order valence-electron chi connectivity index (χ2n) is 6.02. The summed E-state index contributed by atoms with van der Waals surface area (Å²) in [6.45, 7) is 10.7. The van der Waals surface area contributed by atoms with Gasteiger partial charge in [-0.25, -0.2) is 0 Å². The third-order valence-corrected chi connectivity index (χ3v) is 2.21. The largest absolute Gasteiger partial charge is 0.338 e. The van der Waals surface area contributed by atoms with Gasteiger partial charge in [-0.05, 0) is 17.8 Å². The molecule has 0 aliphatic carbocycles. The molecule has 1 heterocycles. The van der Waals surface area contributed by atoms with Crippen LogP contribution in [0.4, 0.5) is 0 Å². The SMILES string of the molecule is CC(C)C[C@@H](N)c1nc(CC(C)(C)C)no1. The van der Waals surface area contributed by atoms with E-state index in [1.54, 1.807) is 0 Å². The summed E-state index contributed by atoms with van der Waals surface area (Å²) >= 11 is 0. The van der Waals surface area contributed by atoms with E-state index in [1.165, 1.54) is 0 Å². The van der Waals surface area contributed by atoms with Gasteiger partial charge < -0.3 is 10.3 Å². The van der Waals surface area contributed by atoms with Crippen LogP contribution >= 0.6 is 0 Å². The predicted molar refractivity (Wildman–Crippen MR) is 63.8 cm³/mol. The van der Waals surface area contributed by atoms with Crippen molar-refractivity contribution >= 4 is 0 Å². The van der Waals surface area contributed by atoms with Crippen LogP contribution in [0.3, 0.4) is 0 Å². The third kappa shape index (κ3) is 4.31. The van der Waals surface area contributed by atoms with Crippen molar-refractivity contribution in [3.05, 3.63) is 11.7 Å². The van der Waals surface area contributed by atoms with E-state index in [0.29, 0.717) is 11.8 Å². The van der Waals surface area contributed by atoms with Crippen LogP contribution in [0, 0.1) is 11.3 Å². The Morgan fingerprint density at radius 2 is 1.94 bits per heavy atom. The lowest BCUT2D eigenvalue weighted by Gasteiger charge is -2.14. The molecule has 1 aromatic rings. The van der Waals surface area contributed by atoms with Gasteiger partial charge >= 0.3 is 0 Å². The smallest absolute Gasteiger partial charge is 0.243 e. The molecule has 0 saturated heterocycles. The van der Waals surface area contributed by atoms with Crippen molar-refractivity contribution in [1.82, 2.24) is 10.1 Å². The molecule has 0 spiro atoms. The molecule has 92 valence electrons. The molecule has 0 aromatic carbocycles. The molecule has 0 amide bonds. The van der Waals surface area contributed by atoms with E-state index in [0.717, 1.165) is 18.7 Å². The molecule has 1 atom stereocenters. The number of aromatic nitrogens is 2. The van der Waals surface area contributed by atoms with E-state index in [1.807, 2.05) is 0 Å². The quantitative estimate of drug-likeness (QED) is 0.855. The fourth-order valence-corrected chi connectivity index (χ4v) is 1.57. The minimum absolute atomic E-state index is 0.138. The van der Waals surface area contributed by atoms with Crippen LogP contribution in [-0.4, -0.2) is 10.1 Å². The van der Waals surface area contributed by atoms with Gasteiger partial charge in [0, 0.05) is 6.42 Å². The predicted octanol–water partition coefficient (Wildman–Crippen LogP) is 2.70. The highest BCUT2D eigenvalue weighted by Crippen LogP contribution is 2.21. The molecule has 0 fully saturated rings. The Hall–Kier alpha value is -0.900. The Kier molecular flexibility index (Phi) is 4.08. The van der Waals surface area contributed by atoms with Gasteiger partial charge in [0.05, 0.1) is 6.04 Å². The van der Waals surface area contributed by atoms with Crippen LogP contribution in [0.15, 0.2) is 4.52 Å². The van der Waals surface area contributed by atoms with Crippen molar-refractivity contribution in [2.75, 3.05) is 0 Å². The first-order valence-electron chi connectivity index (χ1n) is 5.86. The van der Waals surface area contributed by atoms with E-state index < -0.39 is 0 Å². The monoisotopic (exact) mass is 225 g/mol. The number of nitrogens with two attached hydrogens (primary N) is 1. The van der Waals surface area contributed by atoms with Crippen LogP contribution in [-0.2, 0) is 6.42 Å². The van der Waals surface area contributed by atoms with E-state index in [4.69, 9.17) is 10.3 Å². The lowest BCUT2D eigenvalue weighted by atomic mass is 9.92. The number of rotatable bonds is 4. The average molecular weight is 225 g/mol. The standard InChI is InChI=1S/C12H23N3O/c1-8(2)6-9(13)11-14-10(15-16-11)7-12(3,4)5/h8-9H,6-7,13H2,1-5H3/t9-/m1/s1. The maximum atomic E-state index is 5.98. The minimum atomic E-state index is -0.138. The van der Waals surface area contributed by atoms with Crippen LogP contribution < -0.4 is 5.73 Å². The Bertz CT molecular complexity index is 325. The van der Waals surface area contributed by atoms with Crippen LogP contribution in [0.2, 0.25) is 0 Å². The minimum Gasteiger partial charge on any atom is -0.338 e. The zero-order valence-electron chi connectivity index (χ0n) is 10.9. The first-order valence-corrected chi connectivity index (χ1v) is 5.86. The van der Waals surface area contributed by atoms with Gasteiger partial charge in [0.15, 0.2) is 5.82 Å². The molecular formula is C12H23N3O. The third-order valence-electron chi connectivity index (χ3n) is 2.21. The first-order chi connectivity index (χ1) is 7.28. The van der Waals surface area contributed by atoms with Gasteiger partial charge in [-0.1, -0.05) is 39.8 Å². The normalized spacial score (nSPS) is 14.4. The zero-order chi connectivity index (χ0) is 12.3. The molecule has 0 radical (unpaired) electrons. The summed E-state index contributed by atoms with van der Waals surface area (Å²) in [7, 11) is 0. The molecule has 0 saturated carbocycles. The van der Waals surface area contributed by atoms with Crippen molar-refractivity contribution in [1.29, 1.82) is 0 Å². The Morgan fingerprint density at radius 1 is 1.31 bits per heavy atom. The second-order valence-corrected chi connectivity index (χ2v) is 6.02. The lowest BCUT2D eigenvalue weighted by molar-refractivity contribution is 0.326. The summed E-state index contributed by atoms with van der Waals surface area (Å²) < 4.78 is 5.19. The summed E-state index contributed by atoms with van der Waals surface area (Å²) in [5.74, 6) is 1.85. The Balaban J connectivity index is 2.64. The Labute approximate surface area is 97.6 Å². The average Bonchev–Trinajstić information content (AvgIpc) is 2.48. The maximum Gasteiger partial charge on any atom is 0.243 e. The van der Waals surface area contributed by atoms with Gasteiger partial charge in [-0.3, -0.25) is 0 Å². The highest BCUT2D eigenvalue weighted by Gasteiger charge is 2.19. The number of hydrogen-bond acceptors (Lipinski definition) is 4. The zero-order valence-corrected chi connectivity index (χ0v) is 10.9. The summed E-state index contributed by atoms with van der Waals surface area (Å²) in [4.78, 5) is 4.35. The molecule has 0 unspecified atom stereocenters. The van der Waals surface area contributed by atoms with Crippen LogP contribution in [0.5, 0.6) is 0 Å². The molecule has 1 aromatic heterocycles. The number of nitrogens with zero attached hydrogens (tertiary/aromatic N) is 2. The van der Waals surface area contributed by atoms with Gasteiger partial charge in [-0.15, -0.1) is 0 Å². The van der Waals surface area contributed by atoms with Gasteiger partial charge in [0.25, 0.3) is 0 Å². The fourth-order valence-electron chi connectivity index (χ4n) is 1.57. The van der Waals surface area contributed by atoms with Crippen molar-refractivity contribution in [3.63, 3.8) is 0 Å². The molecule has 0 bridgehead atoms. The van der Waals surface area contributed by atoms with Gasteiger partial charge in [0.1, 0.15) is 0 Å². The first kappa shape index (κ1) is 13.2. The van der Waals surface area contributed by atoms with Crippen LogP contribution in [0.25, 0.3) is 0 Å². The summed E-state index contributed by atoms with van der Waals surface area (Å²) in [6, 6.07) is -0.138. The molecular weight excluding hydrogens is 202 g/mol. The number of hydrogen-bond donors (Lipinski definition) is 1. The van der Waals surface area contributed by atoms with E-state index in [9.17, 15) is 0 Å². The molecule has 16 heavy (non-hydrogen) atoms. The van der Waals surface area contributed by atoms with Crippen molar-refractivity contribution < 1.29 is 4.52 Å². The molecule has 2 N–H and O–H groups in total. The summed E-state index contributed by atoms with van der Waals surface area (Å²) in [6.07, 6.45) is 1.68. The van der Waals surface area contributed by atoms with E-state index in [-0.39, 0.29) is 11.5 Å². The van der Waals surface area contributed by atoms with Crippen LogP contribution in [0.1, 0.15) is 58.8 Å². The maximum absolute atomic E-state index is 5.98. The highest BCUT2D eigenvalue weighted by molar-refractivity contribution is 4.94. The topological polar surface area (TPSA) is 64.9 Å². The molecule has 4 heteroatoms. The lowest BCUT2D eigenvalue weighted by Crippen LogP contribution is -2.14. The van der Waals surface area contributed by atoms with Crippen molar-refractivity contribution in [2.24, 2.45) is 17.1 Å². The molecule has 0 aliphatic rings. The molecule has 0 aliphatic heterocycles. The van der Waals surface area contributed by atoms with E-state index >= 15 is 0 Å². The summed E-state index contributed by atoms with van der Waals surface area (Å²) in [5, 5.41) is 3.96. The van der Waals surface area contributed by atoms with Gasteiger partial charge in [0.2, 0.25) is 5.89 Å². The molecule has 4 nitrogen and oxygen atoms in total. The highest BCUT2D eigenvalue weighted by atomic mass is 16.5. The van der Waals surface area contributed by atoms with E-state index in [2.05, 4.69) is 44.8 Å². The van der Waals surface area contributed by atoms with Crippen molar-refractivity contribution in [2.45, 2.75) is 53.5 Å². The second kappa shape index (κ2) is 4.95. The summed E-state index contributed by atoms with van der Waals surface area (Å²) in [5.41, 5.74) is 6.15. The van der Waals surface area contributed by atoms with Gasteiger partial charge in [-0.2, -0.15) is 4.98 Å². The Morgan fingerprint density at radius 3 is 2.44 bits per heavy atom. The van der Waals surface area contributed by atoms with Crippen molar-refractivity contribution in [3.8, 4) is 0 Å². The fraction of sp³-hybridized carbons (Fsp3) is 0.833. The molecule has 1 rings (SSSR count).